The first-order valence-corrected chi connectivity index (χ1v) is 6.13. The lowest BCUT2D eigenvalue weighted by molar-refractivity contribution is -0.137. The number of benzene rings is 1. The van der Waals surface area contributed by atoms with E-state index in [4.69, 9.17) is 0 Å². The minimum absolute atomic E-state index is 0.191. The Bertz CT molecular complexity index is 587. The van der Waals surface area contributed by atoms with Gasteiger partial charge in [0.25, 0.3) is 0 Å². The number of carbonyl (C=O) groups excluding carboxylic acids is 1. The van der Waals surface area contributed by atoms with Gasteiger partial charge in [0, 0.05) is 30.7 Å². The van der Waals surface area contributed by atoms with E-state index >= 15 is 0 Å². The Hall–Kier alpha value is -2.04. The molecule has 1 aliphatic carbocycles. The molecule has 0 spiro atoms. The molecular weight excluding hydrogens is 267 g/mol. The Morgan fingerprint density at radius 3 is 2.65 bits per heavy atom. The average Bonchev–Trinajstić information content (AvgIpc) is 2.74. The molecule has 2 rings (SSSR count). The molecule has 1 aromatic carbocycles. The van der Waals surface area contributed by atoms with E-state index < -0.39 is 11.7 Å². The van der Waals surface area contributed by atoms with Crippen molar-refractivity contribution in [3.8, 4) is 0 Å². The zero-order valence-corrected chi connectivity index (χ0v) is 10.9. The average molecular weight is 281 g/mol. The first-order valence-electron chi connectivity index (χ1n) is 6.13. The number of Topliss-reactive ketones (excluding diaryl/α,β-unsaturated/α-hetero) is 1. The number of hydrogen-bond acceptors (Lipinski definition) is 2. The normalized spacial score (nSPS) is 19.4. The fraction of sp³-hybridized carbons (Fsp3) is 0.267. The summed E-state index contributed by atoms with van der Waals surface area (Å²) in [5.74, 6) is -0.564. The minimum atomic E-state index is -4.42. The van der Waals surface area contributed by atoms with E-state index in [9.17, 15) is 18.0 Å². The first-order chi connectivity index (χ1) is 9.38. The van der Waals surface area contributed by atoms with Gasteiger partial charge in [-0.15, -0.1) is 6.58 Å². The van der Waals surface area contributed by atoms with Crippen LogP contribution in [-0.4, -0.2) is 12.8 Å². The highest BCUT2D eigenvalue weighted by Gasteiger charge is 2.34. The van der Waals surface area contributed by atoms with Crippen LogP contribution in [0.1, 0.15) is 17.5 Å². The summed E-state index contributed by atoms with van der Waals surface area (Å²) in [5.41, 5.74) is 0.508. The summed E-state index contributed by atoms with van der Waals surface area (Å²) in [4.78, 5) is 12.2. The van der Waals surface area contributed by atoms with Crippen LogP contribution in [0.25, 0.3) is 5.57 Å². The van der Waals surface area contributed by atoms with Gasteiger partial charge in [-0.05, 0) is 17.7 Å². The van der Waals surface area contributed by atoms with Gasteiger partial charge in [-0.2, -0.15) is 13.2 Å². The molecule has 1 unspecified atom stereocenters. The molecular formula is C15H14F3NO. The Morgan fingerprint density at radius 2 is 2.10 bits per heavy atom. The number of halogens is 3. The molecule has 1 aliphatic rings. The van der Waals surface area contributed by atoms with Gasteiger partial charge in [-0.3, -0.25) is 4.79 Å². The lowest BCUT2D eigenvalue weighted by Gasteiger charge is -2.10. The summed E-state index contributed by atoms with van der Waals surface area (Å²) in [6.07, 6.45) is -2.44. The predicted molar refractivity (Wildman–Crippen MR) is 70.7 cm³/mol. The molecule has 20 heavy (non-hydrogen) atoms. The molecule has 0 heterocycles. The van der Waals surface area contributed by atoms with Crippen LogP contribution in [0.3, 0.4) is 0 Å². The van der Waals surface area contributed by atoms with E-state index in [1.807, 2.05) is 0 Å². The highest BCUT2D eigenvalue weighted by molar-refractivity contribution is 6.25. The van der Waals surface area contributed by atoms with Gasteiger partial charge < -0.3 is 5.32 Å². The predicted octanol–water partition coefficient (Wildman–Crippen LogP) is 3.41. The molecule has 0 saturated heterocycles. The second-order valence-corrected chi connectivity index (χ2v) is 4.59. The Labute approximate surface area is 115 Å². The van der Waals surface area contributed by atoms with Crippen molar-refractivity contribution in [1.82, 2.24) is 5.32 Å². The van der Waals surface area contributed by atoms with Crippen LogP contribution < -0.4 is 5.32 Å². The molecule has 0 aliphatic heterocycles. The van der Waals surface area contributed by atoms with Crippen molar-refractivity contribution in [2.24, 2.45) is 5.92 Å². The number of allylic oxidation sites excluding steroid dienone is 3. The molecule has 5 heteroatoms. The van der Waals surface area contributed by atoms with Crippen molar-refractivity contribution >= 4 is 11.4 Å². The second kappa shape index (κ2) is 5.15. The minimum Gasteiger partial charge on any atom is -0.391 e. The van der Waals surface area contributed by atoms with E-state index in [1.54, 1.807) is 7.05 Å². The standard InChI is InChI=1S/C15H14F3NO/c1-3-9-8-12(19-2)13(14(9)20)10-5-4-6-11(7-10)15(16,17)18/h3-7,9,19H,1,8H2,2H3. The van der Waals surface area contributed by atoms with Gasteiger partial charge in [0.05, 0.1) is 5.56 Å². The molecule has 0 radical (unpaired) electrons. The van der Waals surface area contributed by atoms with Gasteiger partial charge in [0.2, 0.25) is 0 Å². The van der Waals surface area contributed by atoms with Crippen LogP contribution in [0.4, 0.5) is 13.2 Å². The summed E-state index contributed by atoms with van der Waals surface area (Å²) in [7, 11) is 1.65. The third kappa shape index (κ3) is 2.48. The third-order valence-electron chi connectivity index (χ3n) is 3.37. The molecule has 0 saturated carbocycles. The Morgan fingerprint density at radius 1 is 1.40 bits per heavy atom. The van der Waals surface area contributed by atoms with Crippen LogP contribution in [-0.2, 0) is 11.0 Å². The molecule has 1 atom stereocenters. The summed E-state index contributed by atoms with van der Waals surface area (Å²) < 4.78 is 38.2. The topological polar surface area (TPSA) is 29.1 Å². The van der Waals surface area contributed by atoms with Gasteiger partial charge >= 0.3 is 6.18 Å². The summed E-state index contributed by atoms with van der Waals surface area (Å²) in [6.45, 7) is 3.59. The lowest BCUT2D eigenvalue weighted by Crippen LogP contribution is -2.09. The monoisotopic (exact) mass is 281 g/mol. The number of hydrogen-bond donors (Lipinski definition) is 1. The summed E-state index contributed by atoms with van der Waals surface area (Å²) in [5, 5.41) is 2.90. The van der Waals surface area contributed by atoms with Crippen LogP contribution in [0.5, 0.6) is 0 Å². The summed E-state index contributed by atoms with van der Waals surface area (Å²) in [6, 6.07) is 4.84. The van der Waals surface area contributed by atoms with Crippen molar-refractivity contribution in [3.05, 3.63) is 53.7 Å². The number of alkyl halides is 3. The van der Waals surface area contributed by atoms with Crippen LogP contribution in [0, 0.1) is 5.92 Å². The van der Waals surface area contributed by atoms with E-state index in [-0.39, 0.29) is 11.7 Å². The maximum Gasteiger partial charge on any atom is 0.416 e. The molecule has 0 fully saturated rings. The molecule has 106 valence electrons. The van der Waals surface area contributed by atoms with Crippen molar-refractivity contribution in [1.29, 1.82) is 0 Å². The number of ketones is 1. The van der Waals surface area contributed by atoms with Crippen molar-refractivity contribution in [3.63, 3.8) is 0 Å². The number of carbonyl (C=O) groups is 1. The highest BCUT2D eigenvalue weighted by atomic mass is 19.4. The van der Waals surface area contributed by atoms with Gasteiger partial charge in [0.1, 0.15) is 0 Å². The van der Waals surface area contributed by atoms with Crippen molar-refractivity contribution < 1.29 is 18.0 Å². The number of nitrogens with one attached hydrogen (secondary N) is 1. The van der Waals surface area contributed by atoms with Crippen molar-refractivity contribution in [2.75, 3.05) is 7.05 Å². The smallest absolute Gasteiger partial charge is 0.391 e. The molecule has 2 nitrogen and oxygen atoms in total. The first kappa shape index (κ1) is 14.4. The van der Waals surface area contributed by atoms with Gasteiger partial charge in [-0.25, -0.2) is 0 Å². The quantitative estimate of drug-likeness (QED) is 0.860. The van der Waals surface area contributed by atoms with Gasteiger partial charge in [-0.1, -0.05) is 18.2 Å². The molecule has 0 bridgehead atoms. The number of rotatable bonds is 3. The fourth-order valence-corrected chi connectivity index (χ4v) is 2.33. The van der Waals surface area contributed by atoms with Crippen LogP contribution in [0.15, 0.2) is 42.6 Å². The zero-order valence-electron chi connectivity index (χ0n) is 10.9. The largest absolute Gasteiger partial charge is 0.416 e. The highest BCUT2D eigenvalue weighted by Crippen LogP contribution is 2.36. The Kier molecular flexibility index (Phi) is 3.70. The lowest BCUT2D eigenvalue weighted by atomic mass is 9.98. The molecule has 1 aromatic rings. The maximum atomic E-state index is 12.7. The second-order valence-electron chi connectivity index (χ2n) is 4.59. The maximum absolute atomic E-state index is 12.7. The zero-order chi connectivity index (χ0) is 14.9. The van der Waals surface area contributed by atoms with E-state index in [0.29, 0.717) is 23.3 Å². The van der Waals surface area contributed by atoms with E-state index in [2.05, 4.69) is 11.9 Å². The Balaban J connectivity index is 2.50. The van der Waals surface area contributed by atoms with E-state index in [0.717, 1.165) is 12.1 Å². The fourth-order valence-electron chi connectivity index (χ4n) is 2.33. The summed E-state index contributed by atoms with van der Waals surface area (Å²) >= 11 is 0. The van der Waals surface area contributed by atoms with Gasteiger partial charge in [0.15, 0.2) is 5.78 Å². The molecule has 0 amide bonds. The van der Waals surface area contributed by atoms with E-state index in [1.165, 1.54) is 18.2 Å². The van der Waals surface area contributed by atoms with Crippen LogP contribution >= 0.6 is 0 Å². The van der Waals surface area contributed by atoms with Crippen LogP contribution in [0.2, 0.25) is 0 Å². The molecule has 1 N–H and O–H groups in total. The molecule has 0 aromatic heterocycles. The third-order valence-corrected chi connectivity index (χ3v) is 3.37. The SMILES string of the molecule is C=CC1CC(NC)=C(c2cccc(C(F)(F)F)c2)C1=O. The van der Waals surface area contributed by atoms with Crippen molar-refractivity contribution in [2.45, 2.75) is 12.6 Å².